The number of hydrogen-bond acceptors (Lipinski definition) is 2. The molecule has 0 spiro atoms. The van der Waals surface area contributed by atoms with Crippen LogP contribution >= 0.6 is 0 Å². The summed E-state index contributed by atoms with van der Waals surface area (Å²) in [5, 5.41) is 0. The molecule has 0 aliphatic rings. The van der Waals surface area contributed by atoms with E-state index in [-0.39, 0.29) is 17.9 Å². The maximum atomic E-state index is 13.5. The SMILES string of the molecule is CCC(N)C(c1cccc(F)c1)N(C)Cc1ccccc1. The van der Waals surface area contributed by atoms with Gasteiger partial charge in [0.25, 0.3) is 0 Å². The molecule has 2 rings (SSSR count). The van der Waals surface area contributed by atoms with Crippen molar-refractivity contribution < 1.29 is 4.39 Å². The molecule has 0 aliphatic heterocycles. The minimum absolute atomic E-state index is 0.00547. The molecule has 0 radical (unpaired) electrons. The molecular formula is C18H23FN2. The van der Waals surface area contributed by atoms with Crippen molar-refractivity contribution in [1.29, 1.82) is 0 Å². The van der Waals surface area contributed by atoms with Gasteiger partial charge in [0.1, 0.15) is 5.82 Å². The molecule has 2 nitrogen and oxygen atoms in total. The van der Waals surface area contributed by atoms with Crippen LogP contribution in [0.2, 0.25) is 0 Å². The molecule has 0 saturated heterocycles. The predicted molar refractivity (Wildman–Crippen MR) is 85.3 cm³/mol. The quantitative estimate of drug-likeness (QED) is 0.876. The fourth-order valence-corrected chi connectivity index (χ4v) is 2.71. The summed E-state index contributed by atoms with van der Waals surface area (Å²) >= 11 is 0. The zero-order valence-corrected chi connectivity index (χ0v) is 12.7. The van der Waals surface area contributed by atoms with Crippen LogP contribution in [0.25, 0.3) is 0 Å². The third-order valence-electron chi connectivity index (χ3n) is 3.82. The Morgan fingerprint density at radius 2 is 1.81 bits per heavy atom. The van der Waals surface area contributed by atoms with Gasteiger partial charge in [-0.05, 0) is 36.7 Å². The van der Waals surface area contributed by atoms with Crippen molar-refractivity contribution in [2.45, 2.75) is 32.0 Å². The van der Waals surface area contributed by atoms with E-state index in [2.05, 4.69) is 24.0 Å². The van der Waals surface area contributed by atoms with Gasteiger partial charge < -0.3 is 5.73 Å². The lowest BCUT2D eigenvalue weighted by molar-refractivity contribution is 0.201. The van der Waals surface area contributed by atoms with Crippen LogP contribution in [0.5, 0.6) is 0 Å². The Morgan fingerprint density at radius 1 is 1.10 bits per heavy atom. The fourth-order valence-electron chi connectivity index (χ4n) is 2.71. The summed E-state index contributed by atoms with van der Waals surface area (Å²) < 4.78 is 13.5. The van der Waals surface area contributed by atoms with Gasteiger partial charge in [0.05, 0.1) is 6.04 Å². The second-order valence-corrected chi connectivity index (χ2v) is 5.47. The number of benzene rings is 2. The van der Waals surface area contributed by atoms with Gasteiger partial charge >= 0.3 is 0 Å². The Bertz CT molecular complexity index is 556. The molecule has 2 N–H and O–H groups in total. The summed E-state index contributed by atoms with van der Waals surface area (Å²) in [4.78, 5) is 2.19. The first-order valence-electron chi connectivity index (χ1n) is 7.37. The van der Waals surface area contributed by atoms with E-state index in [0.717, 1.165) is 18.5 Å². The van der Waals surface area contributed by atoms with Crippen molar-refractivity contribution >= 4 is 0 Å². The maximum absolute atomic E-state index is 13.5. The molecular weight excluding hydrogens is 263 g/mol. The highest BCUT2D eigenvalue weighted by molar-refractivity contribution is 5.23. The van der Waals surface area contributed by atoms with Gasteiger partial charge in [-0.25, -0.2) is 4.39 Å². The van der Waals surface area contributed by atoms with Crippen LogP contribution in [0, 0.1) is 5.82 Å². The molecule has 0 aliphatic carbocycles. The molecule has 3 heteroatoms. The average molecular weight is 286 g/mol. The lowest BCUT2D eigenvalue weighted by atomic mass is 9.96. The first-order valence-corrected chi connectivity index (χ1v) is 7.37. The zero-order valence-electron chi connectivity index (χ0n) is 12.7. The zero-order chi connectivity index (χ0) is 15.2. The average Bonchev–Trinajstić information content (AvgIpc) is 2.48. The van der Waals surface area contributed by atoms with Crippen molar-refractivity contribution in [3.8, 4) is 0 Å². The van der Waals surface area contributed by atoms with Gasteiger partial charge in [-0.2, -0.15) is 0 Å². The highest BCUT2D eigenvalue weighted by atomic mass is 19.1. The standard InChI is InChI=1S/C18H23FN2/c1-3-17(20)18(15-10-7-11-16(19)12-15)21(2)13-14-8-5-4-6-9-14/h4-12,17-18H,3,13,20H2,1-2H3. The monoisotopic (exact) mass is 286 g/mol. The van der Waals surface area contributed by atoms with Crippen LogP contribution < -0.4 is 5.73 Å². The van der Waals surface area contributed by atoms with Crippen molar-refractivity contribution in [1.82, 2.24) is 4.90 Å². The van der Waals surface area contributed by atoms with Gasteiger partial charge in [-0.1, -0.05) is 49.4 Å². The largest absolute Gasteiger partial charge is 0.326 e. The van der Waals surface area contributed by atoms with E-state index in [0.29, 0.717) is 0 Å². The minimum atomic E-state index is -0.214. The van der Waals surface area contributed by atoms with Crippen LogP contribution in [0.15, 0.2) is 54.6 Å². The Hall–Kier alpha value is -1.71. The summed E-state index contributed by atoms with van der Waals surface area (Å²) in [6, 6.07) is 17.0. The lowest BCUT2D eigenvalue weighted by Crippen LogP contribution is -2.38. The maximum Gasteiger partial charge on any atom is 0.123 e. The molecule has 112 valence electrons. The molecule has 0 aromatic heterocycles. The molecule has 0 fully saturated rings. The summed E-state index contributed by atoms with van der Waals surface area (Å²) in [5.74, 6) is -0.214. The Balaban J connectivity index is 2.23. The molecule has 0 bridgehead atoms. The second-order valence-electron chi connectivity index (χ2n) is 5.47. The molecule has 2 atom stereocenters. The van der Waals surface area contributed by atoms with Crippen LogP contribution in [0.3, 0.4) is 0 Å². The van der Waals surface area contributed by atoms with Gasteiger partial charge in [0.15, 0.2) is 0 Å². The van der Waals surface area contributed by atoms with Crippen molar-refractivity contribution in [2.75, 3.05) is 7.05 Å². The van der Waals surface area contributed by atoms with E-state index < -0.39 is 0 Å². The number of hydrogen-bond donors (Lipinski definition) is 1. The number of likely N-dealkylation sites (N-methyl/N-ethyl adjacent to an activating group) is 1. The number of rotatable bonds is 6. The van der Waals surface area contributed by atoms with E-state index in [1.165, 1.54) is 11.6 Å². The normalized spacial score (nSPS) is 14.1. The number of nitrogens with zero attached hydrogens (tertiary/aromatic N) is 1. The third kappa shape index (κ3) is 4.13. The number of nitrogens with two attached hydrogens (primary N) is 1. The molecule has 0 heterocycles. The topological polar surface area (TPSA) is 29.3 Å². The molecule has 0 saturated carbocycles. The smallest absolute Gasteiger partial charge is 0.123 e. The van der Waals surface area contributed by atoms with E-state index in [1.54, 1.807) is 12.1 Å². The number of halogens is 1. The van der Waals surface area contributed by atoms with E-state index in [4.69, 9.17) is 5.73 Å². The predicted octanol–water partition coefficient (Wildman–Crippen LogP) is 3.74. The Kier molecular flexibility index (Phi) is 5.48. The Morgan fingerprint density at radius 3 is 2.43 bits per heavy atom. The third-order valence-corrected chi connectivity index (χ3v) is 3.82. The van der Waals surface area contributed by atoms with Crippen molar-refractivity contribution in [2.24, 2.45) is 5.73 Å². The van der Waals surface area contributed by atoms with Gasteiger partial charge in [0.2, 0.25) is 0 Å². The van der Waals surface area contributed by atoms with E-state index >= 15 is 0 Å². The minimum Gasteiger partial charge on any atom is -0.326 e. The van der Waals surface area contributed by atoms with Gasteiger partial charge in [0, 0.05) is 12.6 Å². The highest BCUT2D eigenvalue weighted by Crippen LogP contribution is 2.26. The van der Waals surface area contributed by atoms with Crippen LogP contribution in [0.1, 0.15) is 30.5 Å². The summed E-state index contributed by atoms with van der Waals surface area (Å²) in [6.07, 6.45) is 0.848. The molecule has 2 aromatic carbocycles. The lowest BCUT2D eigenvalue weighted by Gasteiger charge is -2.33. The summed E-state index contributed by atoms with van der Waals surface area (Å²) in [6.45, 7) is 2.85. The molecule has 2 aromatic rings. The van der Waals surface area contributed by atoms with Gasteiger partial charge in [-0.15, -0.1) is 0 Å². The van der Waals surface area contributed by atoms with E-state index in [1.807, 2.05) is 31.3 Å². The first-order chi connectivity index (χ1) is 10.1. The van der Waals surface area contributed by atoms with Crippen LogP contribution in [-0.4, -0.2) is 18.0 Å². The van der Waals surface area contributed by atoms with E-state index in [9.17, 15) is 4.39 Å². The Labute approximate surface area is 126 Å². The second kappa shape index (κ2) is 7.34. The van der Waals surface area contributed by atoms with Crippen LogP contribution in [0.4, 0.5) is 4.39 Å². The molecule has 21 heavy (non-hydrogen) atoms. The molecule has 0 amide bonds. The van der Waals surface area contributed by atoms with Gasteiger partial charge in [-0.3, -0.25) is 4.90 Å². The highest BCUT2D eigenvalue weighted by Gasteiger charge is 2.23. The summed E-state index contributed by atoms with van der Waals surface area (Å²) in [5.41, 5.74) is 8.45. The first kappa shape index (κ1) is 15.7. The molecule has 2 unspecified atom stereocenters. The van der Waals surface area contributed by atoms with Crippen molar-refractivity contribution in [3.05, 3.63) is 71.5 Å². The van der Waals surface area contributed by atoms with Crippen molar-refractivity contribution in [3.63, 3.8) is 0 Å². The fraction of sp³-hybridized carbons (Fsp3) is 0.333. The van der Waals surface area contributed by atoms with Crippen LogP contribution in [-0.2, 0) is 6.54 Å². The summed E-state index contributed by atoms with van der Waals surface area (Å²) in [7, 11) is 2.04.